The third kappa shape index (κ3) is 8.83. The zero-order valence-electron chi connectivity index (χ0n) is 38.7. The fourth-order valence-corrected chi connectivity index (χ4v) is 12.2. The van der Waals surface area contributed by atoms with Gasteiger partial charge in [0.2, 0.25) is 0 Å². The topological polar surface area (TPSA) is 50.2 Å². The van der Waals surface area contributed by atoms with E-state index in [1.54, 1.807) is 22.3 Å². The van der Waals surface area contributed by atoms with E-state index in [0.717, 1.165) is 42.3 Å². The number of carbonyl (C=O) groups excluding carboxylic acids is 1. The summed E-state index contributed by atoms with van der Waals surface area (Å²) in [7, 11) is 0. The van der Waals surface area contributed by atoms with Crippen LogP contribution in [0.25, 0.3) is 42.6 Å². The fourth-order valence-electron chi connectivity index (χ4n) is 11.0. The molecule has 2 aliphatic rings. The number of benzene rings is 3. The first-order valence-corrected chi connectivity index (χ1v) is 22.8. The maximum absolute atomic E-state index is 11.7. The molecule has 0 aliphatic heterocycles. The number of hydrogen-bond donors (Lipinski definition) is 1. The second kappa shape index (κ2) is 17.0. The number of aliphatic hydroxyl groups is 1. The SMILES string of the molecule is CC(C)(C)c1cc(-c2nccc3cc(-c4c5c(cc6c4C(C)(C)CC6(C)C)C(C)(C)CC5(C)C)sc23)[c-]c2ccccc12.CCC(CC)C(=O)/C=C(\O)C(CC)CC.[Ir]. The minimum absolute atomic E-state index is 0. The Bertz CT molecular complexity index is 2320. The number of hydrogen-bond acceptors (Lipinski definition) is 4. The van der Waals surface area contributed by atoms with Gasteiger partial charge in [-0.15, -0.1) is 40.5 Å². The Morgan fingerprint density at radius 3 is 1.86 bits per heavy atom. The van der Waals surface area contributed by atoms with Crippen molar-refractivity contribution in [3.63, 3.8) is 0 Å². The summed E-state index contributed by atoms with van der Waals surface area (Å²) in [4.78, 5) is 18.2. The van der Waals surface area contributed by atoms with E-state index >= 15 is 0 Å². The van der Waals surface area contributed by atoms with Crippen LogP contribution in [0, 0.1) is 17.9 Å². The number of ketones is 1. The molecule has 0 fully saturated rings. The van der Waals surface area contributed by atoms with E-state index in [1.165, 1.54) is 50.4 Å². The molecule has 1 N–H and O–H groups in total. The van der Waals surface area contributed by atoms with Gasteiger partial charge in [-0.25, -0.2) is 0 Å². The van der Waals surface area contributed by atoms with Crippen LogP contribution in [-0.2, 0) is 52.0 Å². The van der Waals surface area contributed by atoms with Crippen molar-refractivity contribution in [3.8, 4) is 21.7 Å². The third-order valence-corrected chi connectivity index (χ3v) is 14.7. The minimum Gasteiger partial charge on any atom is -0.512 e. The molecule has 0 bridgehead atoms. The number of fused-ring (bicyclic) bond motifs is 4. The van der Waals surface area contributed by atoms with E-state index in [-0.39, 0.29) is 70.6 Å². The minimum atomic E-state index is 0. The molecule has 2 aliphatic carbocycles. The quantitative estimate of drug-likeness (QED) is 0.0909. The smallest absolute Gasteiger partial charge is 0.162 e. The van der Waals surface area contributed by atoms with Crippen molar-refractivity contribution in [2.24, 2.45) is 11.8 Å². The summed E-state index contributed by atoms with van der Waals surface area (Å²) in [5.41, 5.74) is 11.8. The van der Waals surface area contributed by atoms with Gasteiger partial charge in [-0.05, 0) is 111 Å². The Kier molecular flexibility index (Phi) is 13.5. The molecule has 59 heavy (non-hydrogen) atoms. The number of nitrogens with zero attached hydrogens (tertiary/aromatic N) is 1. The van der Waals surface area contributed by atoms with Crippen molar-refractivity contribution >= 4 is 38.0 Å². The van der Waals surface area contributed by atoms with Crippen molar-refractivity contribution in [2.45, 2.75) is 169 Å². The molecule has 0 atom stereocenters. The number of aromatic nitrogens is 1. The van der Waals surface area contributed by atoms with Gasteiger partial charge in [0.15, 0.2) is 5.78 Å². The zero-order chi connectivity index (χ0) is 42.7. The molecule has 5 aromatic rings. The molecule has 2 aromatic heterocycles. The maximum Gasteiger partial charge on any atom is 0.162 e. The Morgan fingerprint density at radius 1 is 0.797 bits per heavy atom. The third-order valence-electron chi connectivity index (χ3n) is 13.5. The fraction of sp³-hybridized carbons (Fsp3) is 0.519. The molecule has 1 radical (unpaired) electrons. The summed E-state index contributed by atoms with van der Waals surface area (Å²) >= 11 is 1.94. The van der Waals surface area contributed by atoms with Crippen LogP contribution < -0.4 is 0 Å². The number of carbonyl (C=O) groups is 1. The van der Waals surface area contributed by atoms with Crippen LogP contribution in [0.15, 0.2) is 66.6 Å². The van der Waals surface area contributed by atoms with E-state index < -0.39 is 0 Å². The second-order valence-corrected chi connectivity index (χ2v) is 22.1. The van der Waals surface area contributed by atoms with Crippen molar-refractivity contribution in [2.75, 3.05) is 0 Å². The molecule has 0 spiro atoms. The Labute approximate surface area is 374 Å². The number of thiophene rings is 1. The van der Waals surface area contributed by atoms with Crippen LogP contribution in [0.5, 0.6) is 0 Å². The van der Waals surface area contributed by atoms with Crippen molar-refractivity contribution in [1.29, 1.82) is 0 Å². The summed E-state index contributed by atoms with van der Waals surface area (Å²) in [5, 5.41) is 13.5. The van der Waals surface area contributed by atoms with Gasteiger partial charge in [0.25, 0.3) is 0 Å². The van der Waals surface area contributed by atoms with Crippen molar-refractivity contribution in [1.82, 2.24) is 4.98 Å². The summed E-state index contributed by atoms with van der Waals surface area (Å²) < 4.78 is 1.26. The zero-order valence-corrected chi connectivity index (χ0v) is 41.9. The van der Waals surface area contributed by atoms with Gasteiger partial charge in [-0.2, -0.15) is 0 Å². The first-order valence-electron chi connectivity index (χ1n) is 22.0. The molecular formula is C54H70IrNO2S-. The summed E-state index contributed by atoms with van der Waals surface area (Å²) in [5.74, 6) is 0.547. The first-order chi connectivity index (χ1) is 27.0. The normalized spacial score (nSPS) is 17.5. The molecule has 7 rings (SSSR count). The van der Waals surface area contributed by atoms with E-state index in [0.29, 0.717) is 0 Å². The van der Waals surface area contributed by atoms with Crippen LogP contribution >= 0.6 is 11.3 Å². The number of aliphatic hydroxyl groups excluding tert-OH is 1. The van der Waals surface area contributed by atoms with E-state index in [2.05, 4.69) is 131 Å². The van der Waals surface area contributed by atoms with Gasteiger partial charge in [0.05, 0.1) is 5.76 Å². The molecular weight excluding hydrogens is 919 g/mol. The average Bonchev–Trinajstić information content (AvgIpc) is 3.72. The molecule has 0 saturated carbocycles. The summed E-state index contributed by atoms with van der Waals surface area (Å²) in [6, 6.07) is 22.1. The molecule has 0 unspecified atom stereocenters. The molecule has 2 heterocycles. The van der Waals surface area contributed by atoms with Gasteiger partial charge in [-0.3, -0.25) is 9.78 Å². The second-order valence-electron chi connectivity index (χ2n) is 21.1. The van der Waals surface area contributed by atoms with Gasteiger partial charge in [0, 0.05) is 59.5 Å². The van der Waals surface area contributed by atoms with E-state index in [4.69, 9.17) is 4.98 Å². The van der Waals surface area contributed by atoms with Crippen molar-refractivity contribution in [3.05, 3.63) is 100 Å². The molecule has 0 saturated heterocycles. The number of allylic oxidation sites excluding steroid dienone is 2. The summed E-state index contributed by atoms with van der Waals surface area (Å²) in [6.45, 7) is 34.7. The standard InChI is InChI=1S/C41H46NS.C13H24O2.Ir/c1-37(2,3)28-19-26(18-24-14-12-13-15-27(24)28)35-36-25(16-17-42-35)20-31(43-36)32-33-29(38(4,5)22-40(33,8)9)21-30-34(32)41(10,11)23-39(30,6)7;1-5-10(6-2)12(14)9-13(15)11(7-3)8-4;/h12-17,19-21H,22-23H2,1-11H3;9-11,14H,5-8H2,1-4H3;/q-1;;/b;12-9-;. The summed E-state index contributed by atoms with van der Waals surface area (Å²) in [6.07, 6.45) is 9.24. The molecule has 3 nitrogen and oxygen atoms in total. The van der Waals surface area contributed by atoms with Crippen LogP contribution in [0.1, 0.15) is 170 Å². The Balaban J connectivity index is 0.000000355. The van der Waals surface area contributed by atoms with Gasteiger partial charge in [-0.1, -0.05) is 139 Å². The Morgan fingerprint density at radius 2 is 1.34 bits per heavy atom. The van der Waals surface area contributed by atoms with E-state index in [1.807, 2.05) is 45.2 Å². The number of pyridine rings is 1. The van der Waals surface area contributed by atoms with Gasteiger partial charge in [0.1, 0.15) is 0 Å². The molecule has 3 aromatic carbocycles. The largest absolute Gasteiger partial charge is 0.512 e. The van der Waals surface area contributed by atoms with Crippen LogP contribution in [0.4, 0.5) is 0 Å². The van der Waals surface area contributed by atoms with Crippen molar-refractivity contribution < 1.29 is 30.0 Å². The van der Waals surface area contributed by atoms with Crippen LogP contribution in [-0.4, -0.2) is 15.9 Å². The van der Waals surface area contributed by atoms with Gasteiger partial charge >= 0.3 is 0 Å². The molecule has 5 heteroatoms. The number of rotatable bonds is 9. The van der Waals surface area contributed by atoms with Crippen LogP contribution in [0.3, 0.4) is 0 Å². The monoisotopic (exact) mass is 989 g/mol. The average molecular weight is 989 g/mol. The Hall–Kier alpha value is -3.11. The maximum atomic E-state index is 11.7. The molecule has 319 valence electrons. The first kappa shape index (κ1) is 46.9. The predicted octanol–water partition coefficient (Wildman–Crippen LogP) is 15.7. The predicted molar refractivity (Wildman–Crippen MR) is 251 cm³/mol. The van der Waals surface area contributed by atoms with Crippen LogP contribution in [0.2, 0.25) is 0 Å². The van der Waals surface area contributed by atoms with Gasteiger partial charge < -0.3 is 5.11 Å². The molecule has 0 amide bonds. The van der Waals surface area contributed by atoms with E-state index in [9.17, 15) is 9.90 Å².